The first-order chi connectivity index (χ1) is 9.00. The van der Waals surface area contributed by atoms with E-state index >= 15 is 0 Å². The van der Waals surface area contributed by atoms with E-state index in [0.29, 0.717) is 0 Å². The Bertz CT molecular complexity index is 614. The molecule has 0 atom stereocenters. The van der Waals surface area contributed by atoms with Gasteiger partial charge in [-0.05, 0) is 32.0 Å². The van der Waals surface area contributed by atoms with Crippen LogP contribution in [0.4, 0.5) is 10.1 Å². The fourth-order valence-electron chi connectivity index (χ4n) is 1.65. The summed E-state index contributed by atoms with van der Waals surface area (Å²) in [7, 11) is -3.38. The van der Waals surface area contributed by atoms with Gasteiger partial charge in [0.1, 0.15) is 5.82 Å². The molecule has 6 nitrogen and oxygen atoms in total. The van der Waals surface area contributed by atoms with Crippen LogP contribution in [0.25, 0.3) is 0 Å². The van der Waals surface area contributed by atoms with E-state index in [-0.39, 0.29) is 17.8 Å². The summed E-state index contributed by atoms with van der Waals surface area (Å²) < 4.78 is 38.4. The molecule has 1 aromatic rings. The summed E-state index contributed by atoms with van der Waals surface area (Å²) in [6.45, 7) is 3.43. The molecule has 0 spiro atoms. The Balaban J connectivity index is 2.78. The Morgan fingerprint density at radius 3 is 2.45 bits per heavy atom. The van der Waals surface area contributed by atoms with Crippen molar-refractivity contribution in [3.8, 4) is 0 Å². The number of hydrogen-bond acceptors (Lipinski definition) is 4. The average molecular weight is 304 g/mol. The van der Waals surface area contributed by atoms with E-state index in [1.807, 2.05) is 0 Å². The second-order valence-corrected chi connectivity index (χ2v) is 6.86. The van der Waals surface area contributed by atoms with Gasteiger partial charge in [-0.3, -0.25) is 0 Å². The standard InChI is InChI=1S/C12H17FN2O4S/c1-12(2,15-20(3,18)19)7-14-10-5-4-8(11(16)17)6-9(10)13/h4-6,14-15H,7H2,1-3H3,(H,16,17). The number of benzene rings is 1. The third-order valence-electron chi connectivity index (χ3n) is 2.40. The van der Waals surface area contributed by atoms with Gasteiger partial charge in [0.2, 0.25) is 10.0 Å². The van der Waals surface area contributed by atoms with E-state index in [2.05, 4.69) is 10.0 Å². The maximum atomic E-state index is 13.7. The van der Waals surface area contributed by atoms with Gasteiger partial charge in [0.25, 0.3) is 0 Å². The topological polar surface area (TPSA) is 95.5 Å². The minimum absolute atomic E-state index is 0.110. The molecule has 0 unspecified atom stereocenters. The summed E-state index contributed by atoms with van der Waals surface area (Å²) in [6.07, 6.45) is 1.04. The van der Waals surface area contributed by atoms with Gasteiger partial charge in [0, 0.05) is 12.1 Å². The molecule has 8 heteroatoms. The third-order valence-corrected chi connectivity index (χ3v) is 3.32. The molecule has 0 aliphatic rings. The Kier molecular flexibility index (Phi) is 4.72. The smallest absolute Gasteiger partial charge is 0.335 e. The number of anilines is 1. The van der Waals surface area contributed by atoms with Gasteiger partial charge in [0.15, 0.2) is 0 Å². The van der Waals surface area contributed by atoms with E-state index in [1.54, 1.807) is 13.8 Å². The van der Waals surface area contributed by atoms with Gasteiger partial charge in [0.05, 0.1) is 17.5 Å². The highest BCUT2D eigenvalue weighted by Gasteiger charge is 2.22. The molecule has 0 aliphatic carbocycles. The Labute approximate surface area is 117 Å². The van der Waals surface area contributed by atoms with E-state index in [4.69, 9.17) is 5.11 Å². The lowest BCUT2D eigenvalue weighted by atomic mass is 10.1. The lowest BCUT2D eigenvalue weighted by Gasteiger charge is -2.26. The van der Waals surface area contributed by atoms with Crippen LogP contribution in [0.3, 0.4) is 0 Å². The van der Waals surface area contributed by atoms with Crippen molar-refractivity contribution < 1.29 is 22.7 Å². The molecule has 0 radical (unpaired) electrons. The number of hydrogen-bond donors (Lipinski definition) is 3. The largest absolute Gasteiger partial charge is 0.478 e. The second kappa shape index (κ2) is 5.76. The molecule has 0 saturated heterocycles. The zero-order chi connectivity index (χ0) is 15.6. The first-order valence-electron chi connectivity index (χ1n) is 5.76. The van der Waals surface area contributed by atoms with Crippen LogP contribution >= 0.6 is 0 Å². The highest BCUT2D eigenvalue weighted by Crippen LogP contribution is 2.17. The van der Waals surface area contributed by atoms with Crippen LogP contribution in [0.15, 0.2) is 18.2 Å². The number of aromatic carboxylic acids is 1. The minimum atomic E-state index is -3.38. The van der Waals surface area contributed by atoms with Crippen molar-refractivity contribution in [1.82, 2.24) is 4.72 Å². The molecule has 0 bridgehead atoms. The first-order valence-corrected chi connectivity index (χ1v) is 7.65. The van der Waals surface area contributed by atoms with Crippen molar-refractivity contribution >= 4 is 21.7 Å². The van der Waals surface area contributed by atoms with E-state index in [0.717, 1.165) is 12.3 Å². The van der Waals surface area contributed by atoms with Gasteiger partial charge in [-0.2, -0.15) is 0 Å². The van der Waals surface area contributed by atoms with Crippen LogP contribution in [0.1, 0.15) is 24.2 Å². The van der Waals surface area contributed by atoms with E-state index in [9.17, 15) is 17.6 Å². The predicted molar refractivity (Wildman–Crippen MR) is 73.9 cm³/mol. The Morgan fingerprint density at radius 1 is 1.40 bits per heavy atom. The molecule has 3 N–H and O–H groups in total. The molecule has 0 fully saturated rings. The summed E-state index contributed by atoms with van der Waals surface area (Å²) in [4.78, 5) is 10.7. The van der Waals surface area contributed by atoms with Gasteiger partial charge >= 0.3 is 5.97 Å². The number of carboxylic acid groups (broad SMARTS) is 1. The van der Waals surface area contributed by atoms with Crippen LogP contribution in [0.2, 0.25) is 0 Å². The fourth-order valence-corrected chi connectivity index (χ4v) is 2.72. The van der Waals surface area contributed by atoms with Crippen LogP contribution in [-0.2, 0) is 10.0 Å². The molecule has 0 aromatic heterocycles. The first kappa shape index (κ1) is 16.4. The van der Waals surface area contributed by atoms with Crippen molar-refractivity contribution in [3.63, 3.8) is 0 Å². The molecule has 0 amide bonds. The number of carboxylic acids is 1. The SMILES string of the molecule is CC(C)(CNc1ccc(C(=O)O)cc1F)NS(C)(=O)=O. The molecule has 0 aliphatic heterocycles. The Morgan fingerprint density at radius 2 is 2.00 bits per heavy atom. The molecule has 112 valence electrons. The zero-order valence-electron chi connectivity index (χ0n) is 11.4. The minimum Gasteiger partial charge on any atom is -0.478 e. The van der Waals surface area contributed by atoms with Gasteiger partial charge in [-0.1, -0.05) is 0 Å². The molecule has 0 heterocycles. The van der Waals surface area contributed by atoms with Crippen LogP contribution in [-0.4, -0.2) is 37.8 Å². The number of carbonyl (C=O) groups is 1. The normalized spacial score (nSPS) is 12.2. The fraction of sp³-hybridized carbons (Fsp3) is 0.417. The monoisotopic (exact) mass is 304 g/mol. The second-order valence-electron chi connectivity index (χ2n) is 5.11. The molecular weight excluding hydrogens is 287 g/mol. The highest BCUT2D eigenvalue weighted by molar-refractivity contribution is 7.88. The predicted octanol–water partition coefficient (Wildman–Crippen LogP) is 1.26. The van der Waals surface area contributed by atoms with Gasteiger partial charge < -0.3 is 10.4 Å². The van der Waals surface area contributed by atoms with Crippen LogP contribution < -0.4 is 10.0 Å². The maximum absolute atomic E-state index is 13.7. The van der Waals surface area contributed by atoms with Crippen molar-refractivity contribution in [3.05, 3.63) is 29.6 Å². The molecule has 0 saturated carbocycles. The maximum Gasteiger partial charge on any atom is 0.335 e. The van der Waals surface area contributed by atoms with Gasteiger partial charge in [-0.25, -0.2) is 22.3 Å². The number of nitrogens with one attached hydrogen (secondary N) is 2. The van der Waals surface area contributed by atoms with E-state index < -0.39 is 27.3 Å². The summed E-state index contributed by atoms with van der Waals surface area (Å²) in [6, 6.07) is 3.47. The number of sulfonamides is 1. The number of rotatable bonds is 6. The molecule has 20 heavy (non-hydrogen) atoms. The quantitative estimate of drug-likeness (QED) is 0.735. The summed E-state index contributed by atoms with van der Waals surface area (Å²) in [5.74, 6) is -1.92. The number of halogens is 1. The van der Waals surface area contributed by atoms with Crippen LogP contribution in [0, 0.1) is 5.82 Å². The molecule has 1 rings (SSSR count). The van der Waals surface area contributed by atoms with Crippen molar-refractivity contribution in [2.45, 2.75) is 19.4 Å². The van der Waals surface area contributed by atoms with Crippen molar-refractivity contribution in [2.75, 3.05) is 18.1 Å². The van der Waals surface area contributed by atoms with Gasteiger partial charge in [-0.15, -0.1) is 0 Å². The van der Waals surface area contributed by atoms with Crippen molar-refractivity contribution in [2.24, 2.45) is 0 Å². The zero-order valence-corrected chi connectivity index (χ0v) is 12.2. The summed E-state index contributed by atoms with van der Waals surface area (Å²) >= 11 is 0. The Hall–Kier alpha value is -1.67. The van der Waals surface area contributed by atoms with Crippen LogP contribution in [0.5, 0.6) is 0 Å². The lowest BCUT2D eigenvalue weighted by molar-refractivity contribution is 0.0696. The summed E-state index contributed by atoms with van der Waals surface area (Å²) in [5.41, 5.74) is -0.856. The molecule has 1 aromatic carbocycles. The molecular formula is C12H17FN2O4S. The summed E-state index contributed by atoms with van der Waals surface area (Å²) in [5, 5.41) is 11.5. The van der Waals surface area contributed by atoms with E-state index in [1.165, 1.54) is 12.1 Å². The lowest BCUT2D eigenvalue weighted by Crippen LogP contribution is -2.47. The van der Waals surface area contributed by atoms with Crippen molar-refractivity contribution in [1.29, 1.82) is 0 Å². The third kappa shape index (κ3) is 5.14. The average Bonchev–Trinajstić information content (AvgIpc) is 2.23. The highest BCUT2D eigenvalue weighted by atomic mass is 32.2.